The first kappa shape index (κ1) is 12.9. The first-order chi connectivity index (χ1) is 7.01. The molecule has 6 heteroatoms. The Labute approximate surface area is 91.7 Å². The number of aliphatic hydroxyl groups is 1. The van der Waals surface area contributed by atoms with E-state index >= 15 is 0 Å². The van der Waals surface area contributed by atoms with Crippen molar-refractivity contribution < 1.29 is 13.5 Å². The average Bonchev–Trinajstić information content (AvgIpc) is 2.17. The third-order valence-corrected chi connectivity index (χ3v) is 4.69. The molecule has 0 amide bonds. The molecule has 0 bridgehead atoms. The van der Waals surface area contributed by atoms with Crippen molar-refractivity contribution in [3.63, 3.8) is 0 Å². The highest BCUT2D eigenvalue weighted by Gasteiger charge is 2.29. The summed E-state index contributed by atoms with van der Waals surface area (Å²) in [5.41, 5.74) is 0. The lowest BCUT2D eigenvalue weighted by Crippen LogP contribution is -2.53. The van der Waals surface area contributed by atoms with Crippen LogP contribution in [0.3, 0.4) is 0 Å². The van der Waals surface area contributed by atoms with Crippen molar-refractivity contribution in [2.45, 2.75) is 19.9 Å². The Balaban J connectivity index is 2.61. The van der Waals surface area contributed by atoms with Gasteiger partial charge in [0.05, 0.1) is 12.4 Å². The molecular weight excluding hydrogens is 216 g/mol. The Morgan fingerprint density at radius 1 is 1.40 bits per heavy atom. The van der Waals surface area contributed by atoms with Gasteiger partial charge in [-0.15, -0.1) is 0 Å². The van der Waals surface area contributed by atoms with Crippen LogP contribution in [0.1, 0.15) is 13.8 Å². The number of rotatable bonds is 4. The first-order valence-corrected chi connectivity index (χ1v) is 6.95. The zero-order valence-electron chi connectivity index (χ0n) is 9.39. The lowest BCUT2D eigenvalue weighted by molar-refractivity contribution is 0.135. The maximum absolute atomic E-state index is 11.7. The molecule has 0 aromatic rings. The van der Waals surface area contributed by atoms with Gasteiger partial charge in [-0.2, -0.15) is 4.31 Å². The normalized spacial score (nSPS) is 25.7. The second-order valence-electron chi connectivity index (χ2n) is 3.88. The molecule has 1 fully saturated rings. The molecule has 1 aliphatic heterocycles. The van der Waals surface area contributed by atoms with Gasteiger partial charge in [-0.1, -0.05) is 6.92 Å². The Morgan fingerprint density at radius 2 is 2.07 bits per heavy atom. The quantitative estimate of drug-likeness (QED) is 0.703. The molecule has 15 heavy (non-hydrogen) atoms. The fraction of sp³-hybridized carbons (Fsp3) is 1.00. The highest BCUT2D eigenvalue weighted by Crippen LogP contribution is 2.12. The summed E-state index contributed by atoms with van der Waals surface area (Å²) in [7, 11) is -3.24. The van der Waals surface area contributed by atoms with E-state index in [0.717, 1.165) is 13.1 Å². The van der Waals surface area contributed by atoms with Crippen molar-refractivity contribution in [2.24, 2.45) is 0 Å². The van der Waals surface area contributed by atoms with E-state index in [4.69, 9.17) is 5.11 Å². The highest BCUT2D eigenvalue weighted by atomic mass is 32.2. The molecule has 1 saturated heterocycles. The number of aliphatic hydroxyl groups excluding tert-OH is 1. The van der Waals surface area contributed by atoms with Gasteiger partial charge in [-0.05, 0) is 13.5 Å². The molecule has 0 aromatic carbocycles. The summed E-state index contributed by atoms with van der Waals surface area (Å²) in [5.74, 6) is -0.161. The maximum atomic E-state index is 11.7. The zero-order chi connectivity index (χ0) is 11.5. The van der Waals surface area contributed by atoms with Gasteiger partial charge in [0.25, 0.3) is 0 Å². The average molecular weight is 236 g/mol. The number of piperazine rings is 1. The summed E-state index contributed by atoms with van der Waals surface area (Å²) >= 11 is 0. The van der Waals surface area contributed by atoms with Crippen LogP contribution in [-0.2, 0) is 10.0 Å². The number of likely N-dealkylation sites (N-methyl/N-ethyl adjacent to an activating group) is 1. The van der Waals surface area contributed by atoms with Crippen LogP contribution in [0, 0.1) is 0 Å². The fourth-order valence-electron chi connectivity index (χ4n) is 1.93. The van der Waals surface area contributed by atoms with Gasteiger partial charge in [0.1, 0.15) is 0 Å². The molecule has 90 valence electrons. The monoisotopic (exact) mass is 236 g/mol. The van der Waals surface area contributed by atoms with Crippen molar-refractivity contribution in [3.8, 4) is 0 Å². The maximum Gasteiger partial charge on any atom is 0.216 e. The number of sulfonamides is 1. The van der Waals surface area contributed by atoms with E-state index in [1.165, 1.54) is 4.31 Å². The Morgan fingerprint density at radius 3 is 2.53 bits per heavy atom. The summed E-state index contributed by atoms with van der Waals surface area (Å²) in [6.45, 7) is 6.62. The van der Waals surface area contributed by atoms with Gasteiger partial charge >= 0.3 is 0 Å². The lowest BCUT2D eigenvalue weighted by Gasteiger charge is -2.38. The van der Waals surface area contributed by atoms with Crippen molar-refractivity contribution in [2.75, 3.05) is 38.5 Å². The van der Waals surface area contributed by atoms with Crippen molar-refractivity contribution in [1.29, 1.82) is 0 Å². The van der Waals surface area contributed by atoms with Crippen LogP contribution in [0.4, 0.5) is 0 Å². The van der Waals surface area contributed by atoms with Gasteiger partial charge in [-0.3, -0.25) is 4.90 Å². The van der Waals surface area contributed by atoms with E-state index in [2.05, 4.69) is 11.8 Å². The molecule has 1 rings (SSSR count). The van der Waals surface area contributed by atoms with Gasteiger partial charge in [0, 0.05) is 25.7 Å². The minimum Gasteiger partial charge on any atom is -0.395 e. The van der Waals surface area contributed by atoms with Crippen molar-refractivity contribution in [1.82, 2.24) is 9.21 Å². The Bertz CT molecular complexity index is 292. The predicted octanol–water partition coefficient (Wildman–Crippen LogP) is -0.665. The van der Waals surface area contributed by atoms with Crippen LogP contribution in [0.15, 0.2) is 0 Å². The van der Waals surface area contributed by atoms with Crippen LogP contribution in [-0.4, -0.2) is 67.3 Å². The Hall–Kier alpha value is -0.170. The molecule has 5 nitrogen and oxygen atoms in total. The van der Waals surface area contributed by atoms with Gasteiger partial charge in [0.15, 0.2) is 0 Å². The molecule has 0 aromatic heterocycles. The summed E-state index contributed by atoms with van der Waals surface area (Å²) in [6.07, 6.45) is 0. The molecule has 0 aliphatic carbocycles. The van der Waals surface area contributed by atoms with Crippen LogP contribution >= 0.6 is 0 Å². The van der Waals surface area contributed by atoms with E-state index in [-0.39, 0.29) is 18.4 Å². The SMILES string of the molecule is CCN1CCN(S(=O)(=O)CCO)CC1C. The smallest absolute Gasteiger partial charge is 0.216 e. The molecular formula is C9H20N2O3S. The van der Waals surface area contributed by atoms with E-state index < -0.39 is 10.0 Å². The van der Waals surface area contributed by atoms with Gasteiger partial charge in [0.2, 0.25) is 10.0 Å². The first-order valence-electron chi connectivity index (χ1n) is 5.34. The number of hydrogen-bond acceptors (Lipinski definition) is 4. The Kier molecular flexibility index (Phi) is 4.51. The zero-order valence-corrected chi connectivity index (χ0v) is 10.2. The van der Waals surface area contributed by atoms with Gasteiger partial charge < -0.3 is 5.11 Å². The standard InChI is InChI=1S/C9H20N2O3S/c1-3-10-4-5-11(8-9(10)2)15(13,14)7-6-12/h9,12H,3-8H2,1-2H3. The van der Waals surface area contributed by atoms with Crippen LogP contribution in [0.25, 0.3) is 0 Å². The second-order valence-corrected chi connectivity index (χ2v) is 5.96. The van der Waals surface area contributed by atoms with Crippen LogP contribution in [0.5, 0.6) is 0 Å². The van der Waals surface area contributed by atoms with E-state index in [9.17, 15) is 8.42 Å². The molecule has 1 heterocycles. The van der Waals surface area contributed by atoms with E-state index in [0.29, 0.717) is 13.1 Å². The third kappa shape index (κ3) is 3.14. The molecule has 0 radical (unpaired) electrons. The predicted molar refractivity (Wildman–Crippen MR) is 59.2 cm³/mol. The topological polar surface area (TPSA) is 60.9 Å². The molecule has 1 unspecified atom stereocenters. The highest BCUT2D eigenvalue weighted by molar-refractivity contribution is 7.89. The summed E-state index contributed by atoms with van der Waals surface area (Å²) in [4.78, 5) is 2.25. The number of hydrogen-bond donors (Lipinski definition) is 1. The van der Waals surface area contributed by atoms with Crippen LogP contribution < -0.4 is 0 Å². The van der Waals surface area contributed by atoms with E-state index in [1.54, 1.807) is 0 Å². The lowest BCUT2D eigenvalue weighted by atomic mass is 10.2. The summed E-state index contributed by atoms with van der Waals surface area (Å²) in [5, 5.41) is 8.68. The van der Waals surface area contributed by atoms with Crippen LogP contribution in [0.2, 0.25) is 0 Å². The largest absolute Gasteiger partial charge is 0.395 e. The minimum atomic E-state index is -3.24. The van der Waals surface area contributed by atoms with Crippen molar-refractivity contribution >= 4 is 10.0 Å². The molecule has 1 atom stereocenters. The van der Waals surface area contributed by atoms with E-state index in [1.807, 2.05) is 6.92 Å². The summed E-state index contributed by atoms with van der Waals surface area (Å²) in [6, 6.07) is 0.261. The van der Waals surface area contributed by atoms with Crippen molar-refractivity contribution in [3.05, 3.63) is 0 Å². The number of nitrogens with zero attached hydrogens (tertiary/aromatic N) is 2. The minimum absolute atomic E-state index is 0.161. The third-order valence-electron chi connectivity index (χ3n) is 2.88. The molecule has 0 spiro atoms. The summed E-state index contributed by atoms with van der Waals surface area (Å²) < 4.78 is 24.8. The fourth-order valence-corrected chi connectivity index (χ4v) is 3.22. The molecule has 1 aliphatic rings. The molecule has 1 N–H and O–H groups in total. The second kappa shape index (κ2) is 5.25. The molecule has 0 saturated carbocycles. The van der Waals surface area contributed by atoms with Gasteiger partial charge in [-0.25, -0.2) is 8.42 Å².